The largest absolute Gasteiger partial charge is 0.244 e. The number of nitrogens with one attached hydrogen (secondary N) is 1. The van der Waals surface area contributed by atoms with E-state index in [0.29, 0.717) is 0 Å². The van der Waals surface area contributed by atoms with Gasteiger partial charge in [-0.2, -0.15) is 0 Å². The van der Waals surface area contributed by atoms with Crippen LogP contribution in [0.5, 0.6) is 0 Å². The summed E-state index contributed by atoms with van der Waals surface area (Å²) in [6.07, 6.45) is 0. The molecule has 90 valence electrons. The Kier molecular flexibility index (Phi) is 3.62. The predicted octanol–water partition coefficient (Wildman–Crippen LogP) is 2.56. The minimum Gasteiger partial charge on any atom is -0.207 e. The van der Waals surface area contributed by atoms with E-state index in [1.54, 1.807) is 20.8 Å². The molecular formula is C10H13ClFNO2S. The van der Waals surface area contributed by atoms with E-state index >= 15 is 0 Å². The van der Waals surface area contributed by atoms with Gasteiger partial charge in [-0.3, -0.25) is 0 Å². The highest BCUT2D eigenvalue weighted by Gasteiger charge is 2.24. The molecule has 0 aliphatic rings. The van der Waals surface area contributed by atoms with E-state index < -0.39 is 26.3 Å². The first-order valence-electron chi connectivity index (χ1n) is 4.61. The molecule has 3 nitrogen and oxygen atoms in total. The van der Waals surface area contributed by atoms with E-state index in [2.05, 4.69) is 4.72 Å². The lowest BCUT2D eigenvalue weighted by Crippen LogP contribution is -2.40. The van der Waals surface area contributed by atoms with Crippen molar-refractivity contribution in [2.75, 3.05) is 0 Å². The molecule has 0 unspecified atom stereocenters. The fourth-order valence-electron chi connectivity index (χ4n) is 1.14. The molecule has 0 aliphatic carbocycles. The molecule has 16 heavy (non-hydrogen) atoms. The van der Waals surface area contributed by atoms with E-state index in [-0.39, 0.29) is 5.02 Å². The summed E-state index contributed by atoms with van der Waals surface area (Å²) in [5.74, 6) is -0.818. The van der Waals surface area contributed by atoms with Gasteiger partial charge in [0.05, 0.1) is 0 Å². The van der Waals surface area contributed by atoms with Gasteiger partial charge in [-0.15, -0.1) is 0 Å². The summed E-state index contributed by atoms with van der Waals surface area (Å²) in [4.78, 5) is -0.435. The van der Waals surface area contributed by atoms with Crippen LogP contribution in [0.2, 0.25) is 5.02 Å². The number of rotatable bonds is 2. The van der Waals surface area contributed by atoms with Gasteiger partial charge < -0.3 is 0 Å². The third-order valence-corrected chi connectivity index (χ3v) is 3.63. The monoisotopic (exact) mass is 265 g/mol. The minimum absolute atomic E-state index is 0.177. The summed E-state index contributed by atoms with van der Waals surface area (Å²) in [5.41, 5.74) is -0.673. The summed E-state index contributed by atoms with van der Waals surface area (Å²) in [6, 6.07) is 3.41. The average Bonchev–Trinajstić information content (AvgIpc) is 2.04. The van der Waals surface area contributed by atoms with Crippen LogP contribution < -0.4 is 4.72 Å². The second-order valence-electron chi connectivity index (χ2n) is 4.43. The fraction of sp³-hybridized carbons (Fsp3) is 0.400. The van der Waals surface area contributed by atoms with Gasteiger partial charge in [0.1, 0.15) is 10.7 Å². The molecule has 0 bridgehead atoms. The Morgan fingerprint density at radius 1 is 1.31 bits per heavy atom. The number of halogens is 2. The Morgan fingerprint density at radius 3 is 2.38 bits per heavy atom. The molecule has 0 amide bonds. The van der Waals surface area contributed by atoms with Crippen LogP contribution in [0.4, 0.5) is 4.39 Å². The van der Waals surface area contributed by atoms with Crippen LogP contribution >= 0.6 is 11.6 Å². The minimum atomic E-state index is -3.88. The van der Waals surface area contributed by atoms with E-state index in [9.17, 15) is 12.8 Å². The van der Waals surface area contributed by atoms with Crippen molar-refractivity contribution in [2.45, 2.75) is 31.2 Å². The molecule has 0 fully saturated rings. The second kappa shape index (κ2) is 4.31. The average molecular weight is 266 g/mol. The summed E-state index contributed by atoms with van der Waals surface area (Å²) in [6.45, 7) is 5.02. The van der Waals surface area contributed by atoms with Crippen LogP contribution in [0, 0.1) is 5.82 Å². The van der Waals surface area contributed by atoms with E-state index in [1.165, 1.54) is 6.07 Å². The SMILES string of the molecule is CC(C)(C)NS(=O)(=O)c1cc(Cl)ccc1F. The smallest absolute Gasteiger partial charge is 0.207 e. The standard InChI is InChI=1S/C10H13ClFNO2S/c1-10(2,3)13-16(14,15)9-6-7(11)4-5-8(9)12/h4-6,13H,1-3H3. The maximum absolute atomic E-state index is 13.4. The third kappa shape index (κ3) is 3.43. The van der Waals surface area contributed by atoms with E-state index in [0.717, 1.165) is 12.1 Å². The summed E-state index contributed by atoms with van der Waals surface area (Å²) in [7, 11) is -3.88. The highest BCUT2D eigenvalue weighted by atomic mass is 35.5. The van der Waals surface area contributed by atoms with Gasteiger partial charge in [0, 0.05) is 10.6 Å². The highest BCUT2D eigenvalue weighted by Crippen LogP contribution is 2.20. The van der Waals surface area contributed by atoms with Gasteiger partial charge in [0.2, 0.25) is 10.0 Å². The second-order valence-corrected chi connectivity index (χ2v) is 6.52. The van der Waals surface area contributed by atoms with E-state index in [4.69, 9.17) is 11.6 Å². The Labute approximate surface area is 99.7 Å². The molecule has 0 atom stereocenters. The van der Waals surface area contributed by atoms with Crippen molar-refractivity contribution >= 4 is 21.6 Å². The van der Waals surface area contributed by atoms with Crippen LogP contribution in [-0.2, 0) is 10.0 Å². The lowest BCUT2D eigenvalue weighted by Gasteiger charge is -2.20. The molecule has 0 aliphatic heterocycles. The molecule has 1 N–H and O–H groups in total. The molecule has 0 saturated heterocycles. The van der Waals surface area contributed by atoms with Crippen molar-refractivity contribution < 1.29 is 12.8 Å². The van der Waals surface area contributed by atoms with Crippen LogP contribution in [-0.4, -0.2) is 14.0 Å². The Bertz CT molecular complexity index is 494. The molecule has 1 aromatic rings. The lowest BCUT2D eigenvalue weighted by atomic mass is 10.1. The van der Waals surface area contributed by atoms with Crippen molar-refractivity contribution in [1.29, 1.82) is 0 Å². The van der Waals surface area contributed by atoms with Crippen molar-refractivity contribution in [2.24, 2.45) is 0 Å². The molecule has 6 heteroatoms. The summed E-state index contributed by atoms with van der Waals surface area (Å²) >= 11 is 5.64. The van der Waals surface area contributed by atoms with Crippen molar-refractivity contribution in [1.82, 2.24) is 4.72 Å². The number of hydrogen-bond donors (Lipinski definition) is 1. The first-order valence-corrected chi connectivity index (χ1v) is 6.47. The van der Waals surface area contributed by atoms with Gasteiger partial charge in [-0.25, -0.2) is 17.5 Å². The van der Waals surface area contributed by atoms with Gasteiger partial charge >= 0.3 is 0 Å². The Hall–Kier alpha value is -0.650. The van der Waals surface area contributed by atoms with Crippen LogP contribution in [0.3, 0.4) is 0 Å². The van der Waals surface area contributed by atoms with Gasteiger partial charge in [-0.1, -0.05) is 11.6 Å². The maximum atomic E-state index is 13.4. The molecule has 0 heterocycles. The zero-order valence-corrected chi connectivity index (χ0v) is 10.8. The van der Waals surface area contributed by atoms with Gasteiger partial charge in [0.25, 0.3) is 0 Å². The topological polar surface area (TPSA) is 46.2 Å². The normalized spacial score (nSPS) is 12.8. The molecule has 0 saturated carbocycles. The first-order chi connectivity index (χ1) is 7.12. The predicted molar refractivity (Wildman–Crippen MR) is 61.5 cm³/mol. The first kappa shape index (κ1) is 13.4. The van der Waals surface area contributed by atoms with Crippen molar-refractivity contribution in [3.8, 4) is 0 Å². The van der Waals surface area contributed by atoms with Crippen molar-refractivity contribution in [3.63, 3.8) is 0 Å². The number of sulfonamides is 1. The molecule has 1 aromatic carbocycles. The number of benzene rings is 1. The van der Waals surface area contributed by atoms with Gasteiger partial charge in [-0.05, 0) is 39.0 Å². The molecule has 0 aromatic heterocycles. The summed E-state index contributed by atoms with van der Waals surface area (Å²) in [5, 5.41) is 0.177. The molecule has 0 radical (unpaired) electrons. The quantitative estimate of drug-likeness (QED) is 0.893. The third-order valence-electron chi connectivity index (χ3n) is 1.62. The van der Waals surface area contributed by atoms with Gasteiger partial charge in [0.15, 0.2) is 0 Å². The highest BCUT2D eigenvalue weighted by molar-refractivity contribution is 7.89. The van der Waals surface area contributed by atoms with E-state index in [1.807, 2.05) is 0 Å². The van der Waals surface area contributed by atoms with Crippen LogP contribution in [0.25, 0.3) is 0 Å². The Morgan fingerprint density at radius 2 is 1.88 bits per heavy atom. The molecule has 0 spiro atoms. The summed E-state index contributed by atoms with van der Waals surface area (Å²) < 4.78 is 39.3. The Balaban J connectivity index is 3.22. The maximum Gasteiger partial charge on any atom is 0.244 e. The van der Waals surface area contributed by atoms with Crippen LogP contribution in [0.1, 0.15) is 20.8 Å². The lowest BCUT2D eigenvalue weighted by molar-refractivity contribution is 0.486. The molecular weight excluding hydrogens is 253 g/mol. The zero-order chi connectivity index (χ0) is 12.6. The zero-order valence-electron chi connectivity index (χ0n) is 9.21. The fourth-order valence-corrected chi connectivity index (χ4v) is 2.90. The van der Waals surface area contributed by atoms with Crippen LogP contribution in [0.15, 0.2) is 23.1 Å². The van der Waals surface area contributed by atoms with Crippen molar-refractivity contribution in [3.05, 3.63) is 29.0 Å². The molecule has 1 rings (SSSR count). The number of hydrogen-bond acceptors (Lipinski definition) is 2.